The molecule has 2 N–H and O–H groups in total. The largest absolute Gasteiger partial charge is 0.508 e. The molecule has 3 rings (SSSR count). The first kappa shape index (κ1) is 31.6. The molecule has 2 nitrogen and oxygen atoms in total. The SMILES string of the molecule is CC1(c2ccc(O)cc2)CCc2cc(O)ccc2C1CCCCCCCCCSCCCC(F)(F)C(F)(F)F. The second kappa shape index (κ2) is 14.1. The molecule has 0 fully saturated rings. The van der Waals surface area contributed by atoms with Gasteiger partial charge in [-0.2, -0.15) is 33.7 Å². The lowest BCUT2D eigenvalue weighted by atomic mass is 9.60. The van der Waals surface area contributed by atoms with Gasteiger partial charge in [0.15, 0.2) is 0 Å². The molecule has 0 bridgehead atoms. The van der Waals surface area contributed by atoms with E-state index in [0.29, 0.717) is 17.4 Å². The summed E-state index contributed by atoms with van der Waals surface area (Å²) < 4.78 is 62.3. The molecule has 8 heteroatoms. The average molecular weight is 573 g/mol. The standard InChI is InChI=1S/C31H41F5O2S/c1-29(24-11-13-25(37)14-12-24)19-17-23-22-26(38)15-16-27(23)28(29)10-7-5-3-2-4-6-8-20-39-21-9-18-30(32,33)31(34,35)36/h11-16,22,28,37-38H,2-10,17-21H2,1H3. The van der Waals surface area contributed by atoms with Gasteiger partial charge in [0.25, 0.3) is 0 Å². The van der Waals surface area contributed by atoms with Crippen LogP contribution in [0.5, 0.6) is 11.5 Å². The van der Waals surface area contributed by atoms with Crippen LogP contribution in [0.1, 0.15) is 100 Å². The third kappa shape index (κ3) is 8.76. The van der Waals surface area contributed by atoms with Crippen molar-refractivity contribution >= 4 is 11.8 Å². The van der Waals surface area contributed by atoms with Crippen LogP contribution in [0.2, 0.25) is 0 Å². The minimum atomic E-state index is -5.45. The minimum absolute atomic E-state index is 0.0437. The fourth-order valence-electron chi connectivity index (χ4n) is 5.80. The summed E-state index contributed by atoms with van der Waals surface area (Å²) in [6, 6.07) is 13.3. The average Bonchev–Trinajstić information content (AvgIpc) is 2.87. The van der Waals surface area contributed by atoms with Gasteiger partial charge >= 0.3 is 12.1 Å². The van der Waals surface area contributed by atoms with Crippen LogP contribution in [-0.2, 0) is 11.8 Å². The fraction of sp³-hybridized carbons (Fsp3) is 0.613. The Morgan fingerprint density at radius 3 is 2.05 bits per heavy atom. The van der Waals surface area contributed by atoms with Gasteiger partial charge in [-0.1, -0.05) is 63.6 Å². The van der Waals surface area contributed by atoms with Crippen LogP contribution in [0.3, 0.4) is 0 Å². The summed E-state index contributed by atoms with van der Waals surface area (Å²) in [4.78, 5) is 0. The van der Waals surface area contributed by atoms with Gasteiger partial charge in [-0.05, 0) is 95.9 Å². The van der Waals surface area contributed by atoms with Crippen LogP contribution in [0.4, 0.5) is 22.0 Å². The van der Waals surface area contributed by atoms with Gasteiger partial charge in [0.1, 0.15) is 11.5 Å². The molecule has 39 heavy (non-hydrogen) atoms. The monoisotopic (exact) mass is 572 g/mol. The molecule has 0 saturated carbocycles. The number of benzene rings is 2. The van der Waals surface area contributed by atoms with Crippen molar-refractivity contribution in [3.05, 3.63) is 59.2 Å². The van der Waals surface area contributed by atoms with Crippen molar-refractivity contribution in [1.82, 2.24) is 0 Å². The van der Waals surface area contributed by atoms with E-state index in [-0.39, 0.29) is 17.6 Å². The normalized spacial score (nSPS) is 19.7. The van der Waals surface area contributed by atoms with Gasteiger partial charge in [0, 0.05) is 6.42 Å². The number of aromatic hydroxyl groups is 2. The van der Waals surface area contributed by atoms with E-state index in [1.54, 1.807) is 18.2 Å². The van der Waals surface area contributed by atoms with E-state index in [2.05, 4.69) is 13.0 Å². The number of thioether (sulfide) groups is 1. The van der Waals surface area contributed by atoms with E-state index >= 15 is 0 Å². The Hall–Kier alpha value is -1.96. The van der Waals surface area contributed by atoms with Crippen molar-refractivity contribution in [2.75, 3.05) is 11.5 Å². The number of fused-ring (bicyclic) bond motifs is 1. The predicted molar refractivity (Wildman–Crippen MR) is 149 cm³/mol. The zero-order chi connectivity index (χ0) is 28.5. The van der Waals surface area contributed by atoms with Gasteiger partial charge in [-0.15, -0.1) is 0 Å². The third-order valence-electron chi connectivity index (χ3n) is 8.19. The second-order valence-corrected chi connectivity index (χ2v) is 12.3. The molecule has 2 aromatic rings. The first-order chi connectivity index (χ1) is 18.4. The number of rotatable bonds is 15. The van der Waals surface area contributed by atoms with Crippen LogP contribution in [0.15, 0.2) is 42.5 Å². The van der Waals surface area contributed by atoms with Gasteiger partial charge in [0.05, 0.1) is 0 Å². The number of unbranched alkanes of at least 4 members (excludes halogenated alkanes) is 6. The summed E-state index contributed by atoms with van der Waals surface area (Å²) in [6.45, 7) is 2.32. The first-order valence-corrected chi connectivity index (χ1v) is 15.2. The van der Waals surface area contributed by atoms with E-state index in [1.165, 1.54) is 28.5 Å². The Morgan fingerprint density at radius 1 is 0.795 bits per heavy atom. The molecule has 0 heterocycles. The number of hydrogen-bond donors (Lipinski definition) is 2. The molecule has 0 spiro atoms. The highest BCUT2D eigenvalue weighted by Gasteiger charge is 2.56. The summed E-state index contributed by atoms with van der Waals surface area (Å²) in [5.74, 6) is -2.55. The van der Waals surface area contributed by atoms with E-state index in [9.17, 15) is 32.2 Å². The van der Waals surface area contributed by atoms with Crippen molar-refractivity contribution < 1.29 is 32.2 Å². The molecular formula is C31H41F5O2S. The molecule has 218 valence electrons. The van der Waals surface area contributed by atoms with Crippen molar-refractivity contribution in [2.24, 2.45) is 0 Å². The molecule has 1 aliphatic carbocycles. The number of hydrogen-bond acceptors (Lipinski definition) is 3. The molecular weight excluding hydrogens is 531 g/mol. The lowest BCUT2D eigenvalue weighted by Gasteiger charge is -2.43. The van der Waals surface area contributed by atoms with E-state index < -0.39 is 18.5 Å². The quantitative estimate of drug-likeness (QED) is 0.165. The maximum absolute atomic E-state index is 12.9. The summed E-state index contributed by atoms with van der Waals surface area (Å²) in [6.07, 6.45) is 3.87. The highest BCUT2D eigenvalue weighted by atomic mass is 32.2. The van der Waals surface area contributed by atoms with E-state index in [4.69, 9.17) is 0 Å². The molecule has 0 saturated heterocycles. The van der Waals surface area contributed by atoms with Gasteiger partial charge < -0.3 is 10.2 Å². The molecule has 2 atom stereocenters. The number of phenolic OH excluding ortho intramolecular Hbond substituents is 2. The molecule has 0 aromatic heterocycles. The van der Waals surface area contributed by atoms with Gasteiger partial charge in [0.2, 0.25) is 0 Å². The van der Waals surface area contributed by atoms with Crippen molar-refractivity contribution in [2.45, 2.75) is 107 Å². The van der Waals surface area contributed by atoms with Crippen molar-refractivity contribution in [3.8, 4) is 11.5 Å². The second-order valence-electron chi connectivity index (χ2n) is 11.1. The zero-order valence-corrected chi connectivity index (χ0v) is 23.5. The topological polar surface area (TPSA) is 40.5 Å². The molecule has 0 radical (unpaired) electrons. The van der Waals surface area contributed by atoms with Gasteiger partial charge in [-0.3, -0.25) is 0 Å². The number of phenols is 2. The smallest absolute Gasteiger partial charge is 0.453 e. The fourth-order valence-corrected chi connectivity index (χ4v) is 6.76. The lowest BCUT2D eigenvalue weighted by molar-refractivity contribution is -0.284. The molecule has 0 amide bonds. The van der Waals surface area contributed by atoms with Crippen LogP contribution in [0, 0.1) is 0 Å². The molecule has 0 aliphatic heterocycles. The zero-order valence-electron chi connectivity index (χ0n) is 22.7. The maximum Gasteiger partial charge on any atom is 0.453 e. The minimum Gasteiger partial charge on any atom is -0.508 e. The Morgan fingerprint density at radius 2 is 1.38 bits per heavy atom. The highest BCUT2D eigenvalue weighted by Crippen LogP contribution is 2.50. The van der Waals surface area contributed by atoms with Crippen LogP contribution >= 0.6 is 11.8 Å². The number of halogens is 5. The van der Waals surface area contributed by atoms with Crippen molar-refractivity contribution in [3.63, 3.8) is 0 Å². The molecule has 2 unspecified atom stereocenters. The maximum atomic E-state index is 12.9. The number of alkyl halides is 5. The van der Waals surface area contributed by atoms with E-state index in [1.807, 2.05) is 18.2 Å². The Balaban J connectivity index is 1.36. The summed E-state index contributed by atoms with van der Waals surface area (Å²) in [5.41, 5.74) is 3.73. The summed E-state index contributed by atoms with van der Waals surface area (Å²) >= 11 is 1.46. The first-order valence-electron chi connectivity index (χ1n) is 14.1. The Kier molecular flexibility index (Phi) is 11.4. The molecule has 1 aliphatic rings. The number of aryl methyl sites for hydroxylation is 1. The Labute approximate surface area is 233 Å². The summed E-state index contributed by atoms with van der Waals surface area (Å²) in [7, 11) is 0. The van der Waals surface area contributed by atoms with Crippen LogP contribution in [-0.4, -0.2) is 33.8 Å². The highest BCUT2D eigenvalue weighted by molar-refractivity contribution is 7.99. The predicted octanol–water partition coefficient (Wildman–Crippen LogP) is 9.92. The lowest BCUT2D eigenvalue weighted by Crippen LogP contribution is -2.36. The van der Waals surface area contributed by atoms with E-state index in [0.717, 1.165) is 70.0 Å². The van der Waals surface area contributed by atoms with Crippen molar-refractivity contribution in [1.29, 1.82) is 0 Å². The van der Waals surface area contributed by atoms with Crippen LogP contribution in [0.25, 0.3) is 0 Å². The summed E-state index contributed by atoms with van der Waals surface area (Å²) in [5, 5.41) is 19.8. The third-order valence-corrected chi connectivity index (χ3v) is 9.34. The van der Waals surface area contributed by atoms with Crippen LogP contribution < -0.4 is 0 Å². The Bertz CT molecular complexity index is 1020. The molecule has 2 aromatic carbocycles. The van der Waals surface area contributed by atoms with Gasteiger partial charge in [-0.25, -0.2) is 0 Å².